The second-order valence-electron chi connectivity index (χ2n) is 12.5. The smallest absolute Gasteiger partial charge is 0.409 e. The van der Waals surface area contributed by atoms with E-state index in [1.54, 1.807) is 11.0 Å². The van der Waals surface area contributed by atoms with Crippen molar-refractivity contribution in [1.82, 2.24) is 29.3 Å². The van der Waals surface area contributed by atoms with E-state index in [9.17, 15) is 9.59 Å². The number of hydrogen-bond acceptors (Lipinski definition) is 9. The Morgan fingerprint density at radius 2 is 1.84 bits per heavy atom. The van der Waals surface area contributed by atoms with Crippen LogP contribution in [0.15, 0.2) is 24.4 Å². The Balaban J connectivity index is 1.12. The first-order valence-electron chi connectivity index (χ1n) is 15.3. The van der Waals surface area contributed by atoms with Gasteiger partial charge in [-0.2, -0.15) is 9.61 Å². The van der Waals surface area contributed by atoms with E-state index in [2.05, 4.69) is 29.6 Å². The van der Waals surface area contributed by atoms with Crippen molar-refractivity contribution in [1.29, 1.82) is 0 Å². The van der Waals surface area contributed by atoms with Gasteiger partial charge < -0.3 is 34.8 Å². The summed E-state index contributed by atoms with van der Waals surface area (Å²) >= 11 is 0. The number of alkyl halides is 1. The number of halogens is 1. The number of likely N-dealkylation sites (N-methyl/N-ethyl adjacent to an activating group) is 1. The third kappa shape index (κ3) is 7.74. The summed E-state index contributed by atoms with van der Waals surface area (Å²) in [7, 11) is 3.81. The zero-order valence-electron chi connectivity index (χ0n) is 25.7. The number of nitrogens with zero attached hydrogens (tertiary/aromatic N) is 6. The molecule has 2 aromatic rings. The fourth-order valence-corrected chi connectivity index (χ4v) is 5.67. The van der Waals surface area contributed by atoms with Crippen LogP contribution in [-0.2, 0) is 14.3 Å². The van der Waals surface area contributed by atoms with Crippen LogP contribution in [0.4, 0.5) is 20.8 Å². The Bertz CT molecular complexity index is 1290. The van der Waals surface area contributed by atoms with Crippen LogP contribution in [0.3, 0.4) is 0 Å². The number of aromatic nitrogens is 3. The van der Waals surface area contributed by atoms with Gasteiger partial charge in [-0.3, -0.25) is 4.79 Å². The lowest BCUT2D eigenvalue weighted by atomic mass is 9.97. The lowest BCUT2D eigenvalue weighted by molar-refractivity contribution is -0.143. The molecule has 236 valence electrons. The largest absolute Gasteiger partial charge is 0.446 e. The summed E-state index contributed by atoms with van der Waals surface area (Å²) < 4.78 is 27.7. The summed E-state index contributed by atoms with van der Waals surface area (Å²) in [6, 6.07) is 2.44. The van der Waals surface area contributed by atoms with Crippen LogP contribution in [0.2, 0.25) is 0 Å². The van der Waals surface area contributed by atoms with Gasteiger partial charge in [-0.1, -0.05) is 19.9 Å². The van der Waals surface area contributed by atoms with Gasteiger partial charge >= 0.3 is 6.09 Å². The quantitative estimate of drug-likeness (QED) is 0.397. The first kappa shape index (κ1) is 31.0. The van der Waals surface area contributed by atoms with Crippen LogP contribution in [0.1, 0.15) is 51.0 Å². The van der Waals surface area contributed by atoms with Gasteiger partial charge in [0.1, 0.15) is 18.2 Å². The van der Waals surface area contributed by atoms with Gasteiger partial charge in [0, 0.05) is 62.6 Å². The van der Waals surface area contributed by atoms with Crippen LogP contribution < -0.4 is 10.6 Å². The molecular weight excluding hydrogens is 555 g/mol. The Kier molecular flexibility index (Phi) is 9.70. The van der Waals surface area contributed by atoms with Gasteiger partial charge in [0.25, 0.3) is 0 Å². The van der Waals surface area contributed by atoms with Crippen LogP contribution >= 0.6 is 0 Å². The van der Waals surface area contributed by atoms with Crippen LogP contribution in [0, 0.1) is 0 Å². The highest BCUT2D eigenvalue weighted by atomic mass is 19.1. The molecule has 12 nitrogen and oxygen atoms in total. The lowest BCUT2D eigenvalue weighted by Gasteiger charge is -2.43. The molecule has 43 heavy (non-hydrogen) atoms. The number of anilines is 2. The van der Waals surface area contributed by atoms with Crippen molar-refractivity contribution in [3.8, 4) is 0 Å². The second kappa shape index (κ2) is 13.5. The molecule has 0 unspecified atom stereocenters. The highest BCUT2D eigenvalue weighted by molar-refractivity contribution is 5.88. The minimum Gasteiger partial charge on any atom is -0.446 e. The van der Waals surface area contributed by atoms with E-state index in [1.165, 1.54) is 11.0 Å². The maximum Gasteiger partial charge on any atom is 0.409 e. The Hall–Kier alpha value is -3.45. The van der Waals surface area contributed by atoms with Gasteiger partial charge in [0.2, 0.25) is 5.91 Å². The van der Waals surface area contributed by atoms with E-state index < -0.39 is 11.8 Å². The molecule has 13 heteroatoms. The van der Waals surface area contributed by atoms with Crippen molar-refractivity contribution >= 4 is 29.3 Å². The summed E-state index contributed by atoms with van der Waals surface area (Å²) in [6.45, 7) is 6.88. The number of amides is 2. The van der Waals surface area contributed by atoms with E-state index in [4.69, 9.17) is 14.5 Å². The molecule has 5 heterocycles. The minimum atomic E-state index is -1.71. The van der Waals surface area contributed by atoms with Crippen LogP contribution in [0.5, 0.6) is 0 Å². The number of piperidine rings is 1. The molecule has 3 saturated heterocycles. The Morgan fingerprint density at radius 1 is 1.14 bits per heavy atom. The van der Waals surface area contributed by atoms with Crippen molar-refractivity contribution in [2.75, 3.05) is 77.3 Å². The lowest BCUT2D eigenvalue weighted by Crippen LogP contribution is -2.63. The van der Waals surface area contributed by atoms with Gasteiger partial charge in [-0.05, 0) is 45.7 Å². The third-order valence-electron chi connectivity index (χ3n) is 8.25. The van der Waals surface area contributed by atoms with E-state index in [0.717, 1.165) is 48.9 Å². The number of carbonyl (C=O) groups is 2. The van der Waals surface area contributed by atoms with Crippen molar-refractivity contribution in [2.45, 2.75) is 63.2 Å². The predicted molar refractivity (Wildman–Crippen MR) is 162 cm³/mol. The maximum absolute atomic E-state index is 15.0. The SMILES string of the molecule is CC(C)c1cnn2c(NC3CCN(C(=O)OCC4(F)CN(C(=O)/C=C/CN(C)C)C4)CC3)cc(NC3CCOCC3)nc12. The van der Waals surface area contributed by atoms with Crippen LogP contribution in [0.25, 0.3) is 5.65 Å². The van der Waals surface area contributed by atoms with E-state index in [1.807, 2.05) is 35.8 Å². The van der Waals surface area contributed by atoms with Gasteiger partial charge in [-0.15, -0.1) is 0 Å². The highest BCUT2D eigenvalue weighted by Gasteiger charge is 2.46. The van der Waals surface area contributed by atoms with Crippen molar-refractivity contribution in [3.63, 3.8) is 0 Å². The summed E-state index contributed by atoms with van der Waals surface area (Å²) in [5.74, 6) is 1.71. The van der Waals surface area contributed by atoms with E-state index >= 15 is 4.39 Å². The number of nitrogens with one attached hydrogen (secondary N) is 2. The molecule has 0 atom stereocenters. The molecule has 2 amide bonds. The standard InChI is InChI=1S/C30H45FN8O4/c1-21(2)24-17-32-39-26(16-25(35-28(24)39)33-23-9-14-42-15-10-23)34-22-7-12-37(13-8-22)29(41)43-20-30(31)18-38(19-30)27(40)6-5-11-36(3)4/h5-6,16-17,21-23,34H,7-15,18-20H2,1-4H3,(H,33,35)/b6-5+. The Morgan fingerprint density at radius 3 is 2.51 bits per heavy atom. The molecule has 3 aliphatic rings. The first-order valence-corrected chi connectivity index (χ1v) is 15.3. The predicted octanol–water partition coefficient (Wildman–Crippen LogP) is 3.12. The zero-order chi connectivity index (χ0) is 30.6. The van der Waals surface area contributed by atoms with E-state index in [-0.39, 0.29) is 37.6 Å². The first-order chi connectivity index (χ1) is 20.6. The molecule has 0 aliphatic carbocycles. The number of hydrogen-bond donors (Lipinski definition) is 2. The average molecular weight is 601 g/mol. The number of likely N-dealkylation sites (tertiary alicyclic amines) is 2. The molecule has 3 aliphatic heterocycles. The molecule has 0 radical (unpaired) electrons. The topological polar surface area (TPSA) is 117 Å². The summed E-state index contributed by atoms with van der Waals surface area (Å²) in [6.07, 6.45) is 7.87. The maximum atomic E-state index is 15.0. The summed E-state index contributed by atoms with van der Waals surface area (Å²) in [5, 5.41) is 11.9. The highest BCUT2D eigenvalue weighted by Crippen LogP contribution is 2.28. The van der Waals surface area contributed by atoms with Gasteiger partial charge in [0.15, 0.2) is 11.3 Å². The minimum absolute atomic E-state index is 0.0743. The molecule has 2 aromatic heterocycles. The molecule has 5 rings (SSSR count). The molecule has 3 fully saturated rings. The fourth-order valence-electron chi connectivity index (χ4n) is 5.67. The molecule has 2 N–H and O–H groups in total. The van der Waals surface area contributed by atoms with Gasteiger partial charge in [-0.25, -0.2) is 14.2 Å². The van der Waals surface area contributed by atoms with Crippen LogP contribution in [-0.4, -0.2) is 126 Å². The number of fused-ring (bicyclic) bond motifs is 1. The van der Waals surface area contributed by atoms with Gasteiger partial charge in [0.05, 0.1) is 19.3 Å². The number of ether oxygens (including phenoxy) is 2. The second-order valence-corrected chi connectivity index (χ2v) is 12.5. The summed E-state index contributed by atoms with van der Waals surface area (Å²) in [5.41, 5.74) is 0.209. The number of rotatable bonds is 10. The molecule has 0 saturated carbocycles. The molecule has 0 spiro atoms. The summed E-state index contributed by atoms with van der Waals surface area (Å²) in [4.78, 5) is 34.8. The Labute approximate surface area is 252 Å². The normalized spacial score (nSPS) is 19.8. The average Bonchev–Trinajstić information content (AvgIpc) is 3.40. The monoisotopic (exact) mass is 600 g/mol. The van der Waals surface area contributed by atoms with Crippen molar-refractivity contribution in [3.05, 3.63) is 30.0 Å². The fraction of sp³-hybridized carbons (Fsp3) is 0.667. The van der Waals surface area contributed by atoms with Crippen molar-refractivity contribution in [2.24, 2.45) is 0 Å². The van der Waals surface area contributed by atoms with E-state index in [0.29, 0.717) is 38.5 Å². The van der Waals surface area contributed by atoms with Crippen molar-refractivity contribution < 1.29 is 23.5 Å². The molecule has 0 bridgehead atoms. The molecule has 0 aromatic carbocycles. The third-order valence-corrected chi connectivity index (χ3v) is 8.25. The zero-order valence-corrected chi connectivity index (χ0v) is 25.7. The number of carbonyl (C=O) groups excluding carboxylic acids is 2. The molecular formula is C30H45FN8O4.